The molecule has 1 saturated heterocycles. The van der Waals surface area contributed by atoms with Gasteiger partial charge in [-0.2, -0.15) is 4.31 Å². The zero-order valence-corrected chi connectivity index (χ0v) is 13.2. The van der Waals surface area contributed by atoms with Crippen molar-refractivity contribution in [3.63, 3.8) is 0 Å². The number of nitrogens with two attached hydrogens (primary N) is 1. The van der Waals surface area contributed by atoms with E-state index in [0.717, 1.165) is 18.8 Å². The van der Waals surface area contributed by atoms with Gasteiger partial charge < -0.3 is 5.73 Å². The molecule has 6 heteroatoms. The van der Waals surface area contributed by atoms with Gasteiger partial charge in [-0.3, -0.25) is 4.90 Å². The number of rotatable bonds is 3. The molecule has 1 aromatic rings. The number of benzene rings is 1. The molecule has 0 radical (unpaired) electrons. The van der Waals surface area contributed by atoms with Gasteiger partial charge in [-0.1, -0.05) is 6.07 Å². The van der Waals surface area contributed by atoms with E-state index in [9.17, 15) is 8.42 Å². The topological polar surface area (TPSA) is 66.6 Å². The summed E-state index contributed by atoms with van der Waals surface area (Å²) in [5.41, 5.74) is 8.98. The van der Waals surface area contributed by atoms with Gasteiger partial charge in [-0.05, 0) is 37.1 Å². The van der Waals surface area contributed by atoms with Crippen LogP contribution in [-0.2, 0) is 16.6 Å². The van der Waals surface area contributed by atoms with Crippen LogP contribution in [-0.4, -0.2) is 49.6 Å². The van der Waals surface area contributed by atoms with Crippen molar-refractivity contribution in [2.45, 2.75) is 26.4 Å². The monoisotopic (exact) mass is 297 g/mol. The van der Waals surface area contributed by atoms with Crippen molar-refractivity contribution >= 4 is 15.7 Å². The summed E-state index contributed by atoms with van der Waals surface area (Å²) in [6.07, 6.45) is 1.28. The van der Waals surface area contributed by atoms with Crippen molar-refractivity contribution in [2.24, 2.45) is 0 Å². The predicted molar refractivity (Wildman–Crippen MR) is 81.9 cm³/mol. The highest BCUT2D eigenvalue weighted by atomic mass is 32.2. The van der Waals surface area contributed by atoms with E-state index in [1.165, 1.54) is 17.4 Å². The fourth-order valence-corrected chi connectivity index (χ4v) is 3.51. The van der Waals surface area contributed by atoms with Crippen molar-refractivity contribution in [1.29, 1.82) is 0 Å². The van der Waals surface area contributed by atoms with Crippen molar-refractivity contribution in [1.82, 2.24) is 9.21 Å². The predicted octanol–water partition coefficient (Wildman–Crippen LogP) is 1.04. The number of hydrogen-bond acceptors (Lipinski definition) is 4. The molecule has 1 fully saturated rings. The van der Waals surface area contributed by atoms with Gasteiger partial charge in [0.1, 0.15) is 0 Å². The Morgan fingerprint density at radius 3 is 2.60 bits per heavy atom. The second-order valence-corrected chi connectivity index (χ2v) is 7.61. The minimum atomic E-state index is -3.08. The molecule has 20 heavy (non-hydrogen) atoms. The maximum Gasteiger partial charge on any atom is 0.211 e. The third-order valence-electron chi connectivity index (χ3n) is 3.94. The molecule has 0 spiro atoms. The Labute approximate surface area is 121 Å². The summed E-state index contributed by atoms with van der Waals surface area (Å²) in [6, 6.07) is 6.17. The number of aryl methyl sites for hydroxylation is 1. The molecular weight excluding hydrogens is 274 g/mol. The minimum absolute atomic E-state index is 0.218. The summed E-state index contributed by atoms with van der Waals surface area (Å²) >= 11 is 0. The average Bonchev–Trinajstić information content (AvgIpc) is 2.33. The van der Waals surface area contributed by atoms with E-state index in [0.29, 0.717) is 13.1 Å². The first-order valence-corrected chi connectivity index (χ1v) is 8.66. The minimum Gasteiger partial charge on any atom is -0.399 e. The van der Waals surface area contributed by atoms with Crippen molar-refractivity contribution in [3.05, 3.63) is 29.3 Å². The molecule has 5 nitrogen and oxygen atoms in total. The first-order valence-electron chi connectivity index (χ1n) is 6.81. The van der Waals surface area contributed by atoms with Crippen LogP contribution in [0.4, 0.5) is 5.69 Å². The number of hydrogen-bond donors (Lipinski definition) is 1. The molecule has 1 aliphatic rings. The molecule has 0 aromatic heterocycles. The Bertz CT molecular complexity index is 586. The molecule has 1 heterocycles. The van der Waals surface area contributed by atoms with E-state index in [-0.39, 0.29) is 6.04 Å². The van der Waals surface area contributed by atoms with Crippen LogP contribution in [0.1, 0.15) is 18.1 Å². The van der Waals surface area contributed by atoms with Crippen LogP contribution in [0.5, 0.6) is 0 Å². The van der Waals surface area contributed by atoms with Gasteiger partial charge >= 0.3 is 0 Å². The summed E-state index contributed by atoms with van der Waals surface area (Å²) in [6.45, 7) is 6.86. The molecule has 1 aromatic carbocycles. The van der Waals surface area contributed by atoms with Gasteiger partial charge in [-0.25, -0.2) is 8.42 Å². The number of anilines is 1. The Morgan fingerprint density at radius 1 is 1.35 bits per heavy atom. The van der Waals surface area contributed by atoms with Crippen LogP contribution in [0.25, 0.3) is 0 Å². The van der Waals surface area contributed by atoms with Gasteiger partial charge in [0.25, 0.3) is 0 Å². The number of nitrogen functional groups attached to an aromatic ring is 1. The summed E-state index contributed by atoms with van der Waals surface area (Å²) in [7, 11) is -3.08. The molecular formula is C14H23N3O2S. The molecule has 2 N–H and O–H groups in total. The lowest BCUT2D eigenvalue weighted by Gasteiger charge is -2.38. The lowest BCUT2D eigenvalue weighted by Crippen LogP contribution is -2.52. The van der Waals surface area contributed by atoms with Gasteiger partial charge in [0.2, 0.25) is 10.0 Å². The molecule has 2 rings (SSSR count). The molecule has 1 atom stereocenters. The second kappa shape index (κ2) is 5.71. The highest BCUT2D eigenvalue weighted by molar-refractivity contribution is 7.88. The number of sulfonamides is 1. The normalized spacial score (nSPS) is 22.1. The Morgan fingerprint density at radius 2 is 2.05 bits per heavy atom. The van der Waals surface area contributed by atoms with Gasteiger partial charge in [0.05, 0.1) is 6.26 Å². The van der Waals surface area contributed by atoms with Crippen molar-refractivity contribution in [2.75, 3.05) is 31.6 Å². The second-order valence-electron chi connectivity index (χ2n) is 5.63. The Balaban J connectivity index is 2.05. The largest absolute Gasteiger partial charge is 0.399 e. The van der Waals surface area contributed by atoms with Crippen LogP contribution < -0.4 is 5.73 Å². The highest BCUT2D eigenvalue weighted by Crippen LogP contribution is 2.19. The average molecular weight is 297 g/mol. The van der Waals surface area contributed by atoms with Crippen LogP contribution in [0.15, 0.2) is 18.2 Å². The Kier molecular flexibility index (Phi) is 4.36. The van der Waals surface area contributed by atoms with Crippen molar-refractivity contribution < 1.29 is 8.42 Å². The van der Waals surface area contributed by atoms with E-state index in [4.69, 9.17) is 5.73 Å². The fraction of sp³-hybridized carbons (Fsp3) is 0.571. The maximum atomic E-state index is 11.6. The molecule has 112 valence electrons. The number of nitrogens with zero attached hydrogens (tertiary/aromatic N) is 2. The fourth-order valence-electron chi connectivity index (χ4n) is 2.61. The quantitative estimate of drug-likeness (QED) is 0.847. The lowest BCUT2D eigenvalue weighted by atomic mass is 10.1. The maximum absolute atomic E-state index is 11.6. The van der Waals surface area contributed by atoms with E-state index < -0.39 is 10.0 Å². The van der Waals surface area contributed by atoms with Gasteiger partial charge in [0.15, 0.2) is 0 Å². The standard InChI is InChI=1S/C14H23N3O2S/c1-11-8-14(15)5-4-13(11)10-16-6-7-17(9-12(16)2)20(3,18)19/h4-5,8,12H,6-7,9-10,15H2,1-3H3/t12-/m1/s1. The van der Waals surface area contributed by atoms with E-state index >= 15 is 0 Å². The first kappa shape index (κ1) is 15.3. The third-order valence-corrected chi connectivity index (χ3v) is 5.21. The molecule has 0 amide bonds. The molecule has 0 saturated carbocycles. The first-order chi connectivity index (χ1) is 9.27. The van der Waals surface area contributed by atoms with Gasteiger partial charge in [0, 0.05) is 37.9 Å². The van der Waals surface area contributed by atoms with E-state index in [1.54, 1.807) is 4.31 Å². The molecule has 0 bridgehead atoms. The molecule has 0 unspecified atom stereocenters. The summed E-state index contributed by atoms with van der Waals surface area (Å²) in [5, 5.41) is 0. The molecule has 0 aliphatic carbocycles. The summed E-state index contributed by atoms with van der Waals surface area (Å²) in [5.74, 6) is 0. The smallest absolute Gasteiger partial charge is 0.211 e. The third kappa shape index (κ3) is 3.50. The molecule has 1 aliphatic heterocycles. The van der Waals surface area contributed by atoms with E-state index in [2.05, 4.69) is 24.8 Å². The number of piperazine rings is 1. The highest BCUT2D eigenvalue weighted by Gasteiger charge is 2.28. The van der Waals surface area contributed by atoms with Crippen LogP contribution in [0.3, 0.4) is 0 Å². The lowest BCUT2D eigenvalue weighted by molar-refractivity contribution is 0.122. The van der Waals surface area contributed by atoms with E-state index in [1.807, 2.05) is 12.1 Å². The van der Waals surface area contributed by atoms with Crippen LogP contribution >= 0.6 is 0 Å². The van der Waals surface area contributed by atoms with Crippen molar-refractivity contribution in [3.8, 4) is 0 Å². The van der Waals surface area contributed by atoms with Crippen LogP contribution in [0.2, 0.25) is 0 Å². The summed E-state index contributed by atoms with van der Waals surface area (Å²) in [4.78, 5) is 2.32. The SMILES string of the molecule is Cc1cc(N)ccc1CN1CCN(S(C)(=O)=O)C[C@H]1C. The van der Waals surface area contributed by atoms with Gasteiger partial charge in [-0.15, -0.1) is 0 Å². The zero-order chi connectivity index (χ0) is 14.9. The summed E-state index contributed by atoms with van der Waals surface area (Å²) < 4.78 is 24.7. The van der Waals surface area contributed by atoms with Crippen LogP contribution in [0, 0.1) is 6.92 Å². The Hall–Kier alpha value is -1.11. The zero-order valence-electron chi connectivity index (χ0n) is 12.3.